The lowest BCUT2D eigenvalue weighted by Crippen LogP contribution is -2.19. The number of carboxylic acids is 2. The van der Waals surface area contributed by atoms with Crippen LogP contribution in [-0.4, -0.2) is 89.6 Å². The van der Waals surface area contributed by atoms with E-state index in [9.17, 15) is 36.3 Å². The molecule has 35 nitrogen and oxygen atoms in total. The number of aromatic nitrogens is 9. The summed E-state index contributed by atoms with van der Waals surface area (Å²) in [7, 11) is -7.67. The van der Waals surface area contributed by atoms with Gasteiger partial charge in [0.1, 0.15) is 28.6 Å². The van der Waals surface area contributed by atoms with Crippen LogP contribution in [-0.2, 0) is 36.2 Å². The molecule has 5 aromatic carbocycles. The first kappa shape index (κ1) is 71.5. The lowest BCUT2D eigenvalue weighted by atomic mass is 9.94. The van der Waals surface area contributed by atoms with Crippen molar-refractivity contribution in [3.63, 3.8) is 0 Å². The van der Waals surface area contributed by atoms with Crippen LogP contribution in [0.5, 0.6) is 0 Å². The number of sulfonamides is 2. The minimum atomic E-state index is -3.87. The molecule has 0 aliphatic carbocycles. The molecule has 17 N–H and O–H groups in total. The molecule has 6 aromatic heterocycles. The maximum atomic E-state index is 12.6. The number of nitrogens with two attached hydrogens (primary N) is 6. The maximum absolute atomic E-state index is 12.6. The van der Waals surface area contributed by atoms with Gasteiger partial charge in [-0.15, -0.1) is 20.5 Å². The summed E-state index contributed by atoms with van der Waals surface area (Å²) in [5, 5.41) is 53.9. The number of Topliss-reactive ketones (excluding diaryl/α,β-unsaturated/α-hetero) is 1. The molecule has 11 aromatic rings. The van der Waals surface area contributed by atoms with Crippen LogP contribution in [0.3, 0.4) is 0 Å². The van der Waals surface area contributed by atoms with Crippen LogP contribution in [0.2, 0.25) is 0 Å². The summed E-state index contributed by atoms with van der Waals surface area (Å²) in [6.45, 7) is 2.05. The monoisotopic (exact) mass is 1400 g/mol. The molecule has 0 fully saturated rings. The molecular formula is C64H60N26O9S2. The lowest BCUT2D eigenvalue weighted by Gasteiger charge is -2.11. The van der Waals surface area contributed by atoms with Crippen LogP contribution in [0.4, 0.5) is 98.0 Å². The van der Waals surface area contributed by atoms with Crippen LogP contribution < -0.4 is 49.2 Å². The van der Waals surface area contributed by atoms with E-state index in [4.69, 9.17) is 39.5 Å². The fourth-order valence-corrected chi connectivity index (χ4v) is 10.4. The molecule has 101 heavy (non-hydrogen) atoms. The number of nitrogens with one attached hydrogen (secondary N) is 3. The van der Waals surface area contributed by atoms with Gasteiger partial charge in [0, 0.05) is 54.3 Å². The molecule has 0 aliphatic rings. The van der Waals surface area contributed by atoms with Gasteiger partial charge in [0.25, 0.3) is 20.0 Å². The summed E-state index contributed by atoms with van der Waals surface area (Å²) in [4.78, 5) is 70.8. The summed E-state index contributed by atoms with van der Waals surface area (Å²) in [6, 6.07) is 45.9. The molecule has 0 radical (unpaired) electrons. The lowest BCUT2D eigenvalue weighted by molar-refractivity contribution is -0.142. The van der Waals surface area contributed by atoms with E-state index in [1.54, 1.807) is 79.7 Å². The fourth-order valence-electron chi connectivity index (χ4n) is 8.47. The second-order valence-corrected chi connectivity index (χ2v) is 24.4. The van der Waals surface area contributed by atoms with Crippen LogP contribution >= 0.6 is 0 Å². The molecule has 0 saturated carbocycles. The number of nitrogens with zero attached hydrogens (tertiary/aromatic N) is 17. The minimum Gasteiger partial charge on any atom is -0.481 e. The number of rotatable bonds is 24. The Morgan fingerprint density at radius 1 is 0.495 bits per heavy atom. The smallest absolute Gasteiger partial charge is 0.306 e. The number of ketones is 1. The molecule has 6 heterocycles. The van der Waals surface area contributed by atoms with Crippen molar-refractivity contribution in [3.05, 3.63) is 205 Å². The summed E-state index contributed by atoms with van der Waals surface area (Å²) in [5.74, 6) is -3.03. The van der Waals surface area contributed by atoms with Crippen molar-refractivity contribution < 1.29 is 41.4 Å². The highest BCUT2D eigenvalue weighted by atomic mass is 32.2. The van der Waals surface area contributed by atoms with Gasteiger partial charge in [-0.25, -0.2) is 56.4 Å². The summed E-state index contributed by atoms with van der Waals surface area (Å²) >= 11 is 0. The van der Waals surface area contributed by atoms with E-state index in [1.807, 2.05) is 36.4 Å². The number of carbonyl (C=O) groups is 3. The Bertz CT molecular complexity index is 5130. The van der Waals surface area contributed by atoms with E-state index < -0.39 is 37.9 Å². The van der Waals surface area contributed by atoms with Crippen molar-refractivity contribution in [1.29, 1.82) is 0 Å². The number of anilines is 9. The van der Waals surface area contributed by atoms with Crippen molar-refractivity contribution >= 4 is 147 Å². The van der Waals surface area contributed by atoms with E-state index in [0.717, 1.165) is 0 Å². The first-order valence-corrected chi connectivity index (χ1v) is 32.6. The third-order valence-corrected chi connectivity index (χ3v) is 16.3. The second-order valence-electron chi connectivity index (χ2n) is 21.0. The number of carboxylic acid groups (broad SMARTS) is 2. The molecular weight excluding hydrogens is 1340 g/mol. The molecule has 0 amide bonds. The van der Waals surface area contributed by atoms with Gasteiger partial charge in [-0.05, 0) is 129 Å². The number of benzene rings is 5. The minimum absolute atomic E-state index is 0.0128. The fraction of sp³-hybridized carbons (Fsp3) is 0.0938. The number of pyridine rings is 3. The zero-order valence-corrected chi connectivity index (χ0v) is 54.6. The Hall–Kier alpha value is -13.8. The number of aliphatic carboxylic acids is 2. The average Bonchev–Trinajstić information content (AvgIpc) is 0.842. The summed E-state index contributed by atoms with van der Waals surface area (Å²) < 4.78 is 54.9. The summed E-state index contributed by atoms with van der Waals surface area (Å²) in [6.07, 6.45) is 3.81. The van der Waals surface area contributed by atoms with Crippen molar-refractivity contribution in [2.24, 2.45) is 46.8 Å². The van der Waals surface area contributed by atoms with Crippen LogP contribution in [0.15, 0.2) is 239 Å². The van der Waals surface area contributed by atoms with Gasteiger partial charge in [0.05, 0.1) is 56.9 Å². The molecule has 0 bridgehead atoms. The Morgan fingerprint density at radius 2 is 0.990 bits per heavy atom. The molecule has 0 saturated heterocycles. The molecule has 11 rings (SSSR count). The highest BCUT2D eigenvalue weighted by Gasteiger charge is 2.24. The largest absolute Gasteiger partial charge is 0.481 e. The van der Waals surface area contributed by atoms with Gasteiger partial charge >= 0.3 is 11.9 Å². The first-order valence-electron chi connectivity index (χ1n) is 29.7. The Balaban J connectivity index is 0.000000177. The zero-order chi connectivity index (χ0) is 72.1. The number of hydrogen-bond acceptors (Lipinski definition) is 31. The normalized spacial score (nSPS) is 11.8. The van der Waals surface area contributed by atoms with Crippen LogP contribution in [0.1, 0.15) is 41.0 Å². The number of hydrogen-bond donors (Lipinski definition) is 11. The zero-order valence-electron chi connectivity index (χ0n) is 52.9. The molecule has 0 spiro atoms. The number of aryl methyl sites for hydroxylation is 1. The topological polar surface area (TPSA) is 567 Å². The van der Waals surface area contributed by atoms with E-state index >= 15 is 0 Å². The highest BCUT2D eigenvalue weighted by molar-refractivity contribution is 7.93. The third kappa shape index (κ3) is 20.8. The van der Waals surface area contributed by atoms with Gasteiger partial charge in [0.2, 0.25) is 11.9 Å². The van der Waals surface area contributed by atoms with Crippen LogP contribution in [0, 0.1) is 12.8 Å². The molecule has 37 heteroatoms. The van der Waals surface area contributed by atoms with Crippen molar-refractivity contribution in [2.75, 3.05) is 49.2 Å². The van der Waals surface area contributed by atoms with Gasteiger partial charge in [-0.3, -0.25) is 19.1 Å². The van der Waals surface area contributed by atoms with Gasteiger partial charge in [-0.2, -0.15) is 30.4 Å². The van der Waals surface area contributed by atoms with E-state index in [0.29, 0.717) is 63.1 Å². The number of nitrogen functional groups attached to an aromatic ring is 6. The number of carbonyl (C=O) groups excluding carboxylic acids is 1. The standard InChI is InChI=1S/C22H20N10O2S.C22H19N9O2S.C20H21N7O5/c1-14-11-12-25-22(26-14)32-35(33,34)17-9-7-16(8-10-17)29-31-19-13-18(20(23)27-21(19)24)30-28-15-5-3-2-4-6-15;23-21-18(29-27-15-6-2-1-3-7-15)14-19(22(24)26-21)30-28-16-9-11-17(12-10-16)34(32,33)31-20-8-4-5-13-25-20;21-17-16-18(27-20(22)26-17)24-9-13(25-16)8-23-12-4-1-10(2-5-12)14(28)7-11(19(31)32)3-6-15(29)30/h2-13H,1H3,(H4,23,24,27)(H,25,26,32);1-14H,(H,25,31)(H4,23,24,26);1-2,4-5,9,11,23H,3,6-8H2,(H,29,30)(H,31,32)(H4,21,22,24,26,27)/t;;11-/m..1/s1. The van der Waals surface area contributed by atoms with Crippen LogP contribution in [0.25, 0.3) is 11.2 Å². The highest BCUT2D eigenvalue weighted by Crippen LogP contribution is 2.35. The molecule has 512 valence electrons. The van der Waals surface area contributed by atoms with Crippen molar-refractivity contribution in [1.82, 2.24) is 44.9 Å². The Kier molecular flexibility index (Phi) is 23.5. The van der Waals surface area contributed by atoms with Gasteiger partial charge in [-0.1, -0.05) is 42.5 Å². The van der Waals surface area contributed by atoms with Crippen molar-refractivity contribution in [2.45, 2.75) is 42.5 Å². The van der Waals surface area contributed by atoms with E-state index in [2.05, 4.69) is 101 Å². The average molecular weight is 1400 g/mol. The number of azo groups is 4. The van der Waals surface area contributed by atoms with Gasteiger partial charge < -0.3 is 49.9 Å². The van der Waals surface area contributed by atoms with E-state index in [1.165, 1.54) is 79.3 Å². The SMILES string of the molecule is Cc1ccnc(NS(=O)(=O)c2ccc(N=Nc3cc(N=Nc4ccccc4)c(N)nc3N)cc2)n1.Nc1nc(N)c(N=Nc2ccc(S(=O)(=O)Nc3ccccn3)cc2)cc1N=Nc1ccccc1.Nc1nc(N)c2nc(CNc3ccc(C(=O)C[C@@H](CCC(=O)O)C(=O)O)cc3)cnc2n1. The summed E-state index contributed by atoms with van der Waals surface area (Å²) in [5.41, 5.74) is 41.0. The molecule has 0 unspecified atom stereocenters. The Morgan fingerprint density at radius 3 is 1.47 bits per heavy atom. The predicted molar refractivity (Wildman–Crippen MR) is 376 cm³/mol. The van der Waals surface area contributed by atoms with Crippen molar-refractivity contribution in [3.8, 4) is 0 Å². The first-order chi connectivity index (χ1) is 48.4. The maximum Gasteiger partial charge on any atom is 0.306 e. The molecule has 1 atom stereocenters. The predicted octanol–water partition coefficient (Wildman–Crippen LogP) is 11.6. The molecule has 0 aliphatic heterocycles. The van der Waals surface area contributed by atoms with E-state index in [-0.39, 0.29) is 104 Å². The second kappa shape index (κ2) is 33.2. The quantitative estimate of drug-likeness (QED) is 0.0198. The van der Waals surface area contributed by atoms with Gasteiger partial charge in [0.15, 0.2) is 46.0 Å². The third-order valence-electron chi connectivity index (χ3n) is 13.6. The Labute approximate surface area is 574 Å². The number of fused-ring (bicyclic) bond motifs is 1.